The molecule has 28 heavy (non-hydrogen) atoms. The average Bonchev–Trinajstić information content (AvgIpc) is 3.23. The number of amides is 1. The second-order valence-corrected chi connectivity index (χ2v) is 7.99. The summed E-state index contributed by atoms with van der Waals surface area (Å²) in [5, 5.41) is 4.91. The van der Waals surface area contributed by atoms with Crippen molar-refractivity contribution >= 4 is 32.6 Å². The molecule has 0 saturated heterocycles. The molecule has 0 unspecified atom stereocenters. The average molecular weight is 392 g/mol. The lowest BCUT2D eigenvalue weighted by atomic mass is 10.1. The Bertz CT molecular complexity index is 1140. The van der Waals surface area contributed by atoms with Crippen molar-refractivity contribution in [1.82, 2.24) is 19.7 Å². The number of carbonyl (C=O) groups is 1. The zero-order chi connectivity index (χ0) is 19.8. The summed E-state index contributed by atoms with van der Waals surface area (Å²) in [4.78, 5) is 24.2. The van der Waals surface area contributed by atoms with Crippen LogP contribution in [0.5, 0.6) is 0 Å². The normalized spacial score (nSPS) is 11.1. The summed E-state index contributed by atoms with van der Waals surface area (Å²) < 4.78 is 2.70. The molecular weight excluding hydrogens is 370 g/mol. The quantitative estimate of drug-likeness (QED) is 0.523. The summed E-state index contributed by atoms with van der Waals surface area (Å²) in [6.07, 6.45) is 5.21. The van der Waals surface area contributed by atoms with Gasteiger partial charge in [-0.15, -0.1) is 0 Å². The topological polar surface area (TPSA) is 63.9 Å². The van der Waals surface area contributed by atoms with E-state index in [0.29, 0.717) is 17.4 Å². The number of nitrogens with zero attached hydrogens (tertiary/aromatic N) is 5. The summed E-state index contributed by atoms with van der Waals surface area (Å²) in [5.41, 5.74) is 5.60. The van der Waals surface area contributed by atoms with Crippen LogP contribution in [0.2, 0.25) is 0 Å². The van der Waals surface area contributed by atoms with Crippen molar-refractivity contribution in [3.8, 4) is 0 Å². The number of aromatic nitrogens is 4. The molecule has 1 amide bonds. The van der Waals surface area contributed by atoms with E-state index in [1.54, 1.807) is 35.2 Å². The fourth-order valence-electron chi connectivity index (χ4n) is 3.36. The number of carbonyl (C=O) groups excluding carboxylic acids is 1. The summed E-state index contributed by atoms with van der Waals surface area (Å²) >= 11 is 1.53. The minimum absolute atomic E-state index is 0.116. The van der Waals surface area contributed by atoms with Crippen LogP contribution in [0, 0.1) is 20.8 Å². The van der Waals surface area contributed by atoms with Crippen LogP contribution < -0.4 is 4.90 Å². The number of benzene rings is 1. The fourth-order valence-corrected chi connectivity index (χ4v) is 4.50. The Kier molecular flexibility index (Phi) is 4.68. The Balaban J connectivity index is 1.83. The standard InChI is InChI=1S/C21H21N5OS/c1-13-8-14(2)18-17(9-13)28-21(24-18)26(12-16-6-5-7-22-11-16)20(27)19-15(3)10-23-25(19)4/h5-11H,12H2,1-4H3. The Morgan fingerprint density at radius 1 is 1.18 bits per heavy atom. The highest BCUT2D eigenvalue weighted by Gasteiger charge is 2.26. The number of fused-ring (bicyclic) bond motifs is 1. The van der Waals surface area contributed by atoms with Gasteiger partial charge in [0, 0.05) is 19.4 Å². The van der Waals surface area contributed by atoms with E-state index < -0.39 is 0 Å². The number of thiazole rings is 1. The molecule has 0 aliphatic carbocycles. The molecule has 0 aliphatic heterocycles. The maximum Gasteiger partial charge on any atom is 0.278 e. The molecule has 0 N–H and O–H groups in total. The highest BCUT2D eigenvalue weighted by atomic mass is 32.1. The lowest BCUT2D eigenvalue weighted by Crippen LogP contribution is -2.32. The van der Waals surface area contributed by atoms with Crippen molar-refractivity contribution in [1.29, 1.82) is 0 Å². The first-order chi connectivity index (χ1) is 13.4. The smallest absolute Gasteiger partial charge is 0.278 e. The molecule has 0 spiro atoms. The van der Waals surface area contributed by atoms with Crippen molar-refractivity contribution in [2.24, 2.45) is 7.05 Å². The SMILES string of the molecule is Cc1cc(C)c2nc(N(Cc3cccnc3)C(=O)c3c(C)cnn3C)sc2c1. The van der Waals surface area contributed by atoms with Gasteiger partial charge in [0.2, 0.25) is 0 Å². The lowest BCUT2D eigenvalue weighted by Gasteiger charge is -2.20. The molecule has 3 aromatic heterocycles. The van der Waals surface area contributed by atoms with Gasteiger partial charge in [-0.3, -0.25) is 19.4 Å². The number of hydrogen-bond donors (Lipinski definition) is 0. The summed E-state index contributed by atoms with van der Waals surface area (Å²) in [6, 6.07) is 8.07. The molecular formula is C21H21N5OS. The van der Waals surface area contributed by atoms with E-state index in [4.69, 9.17) is 4.98 Å². The van der Waals surface area contributed by atoms with Crippen molar-refractivity contribution < 1.29 is 4.79 Å². The molecule has 4 aromatic rings. The molecule has 3 heterocycles. The van der Waals surface area contributed by atoms with E-state index >= 15 is 0 Å². The van der Waals surface area contributed by atoms with Crippen molar-refractivity contribution in [3.63, 3.8) is 0 Å². The van der Waals surface area contributed by atoms with Crippen molar-refractivity contribution in [2.75, 3.05) is 4.90 Å². The highest BCUT2D eigenvalue weighted by Crippen LogP contribution is 2.33. The van der Waals surface area contributed by atoms with Gasteiger partial charge in [0.05, 0.1) is 23.0 Å². The predicted molar refractivity (Wildman–Crippen MR) is 112 cm³/mol. The minimum Gasteiger partial charge on any atom is -0.278 e. The molecule has 142 valence electrons. The molecule has 0 atom stereocenters. The number of hydrogen-bond acceptors (Lipinski definition) is 5. The molecule has 0 radical (unpaired) electrons. The maximum absolute atomic E-state index is 13.5. The van der Waals surface area contributed by atoms with Crippen LogP contribution in [-0.2, 0) is 13.6 Å². The van der Waals surface area contributed by atoms with Crippen molar-refractivity contribution in [3.05, 3.63) is 70.8 Å². The summed E-state index contributed by atoms with van der Waals surface area (Å²) in [7, 11) is 1.79. The predicted octanol–water partition coefficient (Wildman–Crippen LogP) is 4.20. The third-order valence-electron chi connectivity index (χ3n) is 4.68. The van der Waals surface area contributed by atoms with E-state index in [1.807, 2.05) is 19.1 Å². The van der Waals surface area contributed by atoms with Gasteiger partial charge in [0.1, 0.15) is 5.69 Å². The van der Waals surface area contributed by atoms with E-state index in [1.165, 1.54) is 16.9 Å². The van der Waals surface area contributed by atoms with Gasteiger partial charge in [0.25, 0.3) is 5.91 Å². The Morgan fingerprint density at radius 2 is 2.00 bits per heavy atom. The number of rotatable bonds is 4. The van der Waals surface area contributed by atoms with Crippen LogP contribution in [0.15, 0.2) is 42.9 Å². The molecule has 6 nitrogen and oxygen atoms in total. The highest BCUT2D eigenvalue weighted by molar-refractivity contribution is 7.22. The van der Waals surface area contributed by atoms with Crippen LogP contribution in [0.3, 0.4) is 0 Å². The van der Waals surface area contributed by atoms with E-state index in [0.717, 1.165) is 26.9 Å². The van der Waals surface area contributed by atoms with Crippen LogP contribution >= 0.6 is 11.3 Å². The molecule has 7 heteroatoms. The Labute approximate surface area is 167 Å². The monoisotopic (exact) mass is 391 g/mol. The molecule has 0 fully saturated rings. The van der Waals surface area contributed by atoms with E-state index in [9.17, 15) is 4.79 Å². The second kappa shape index (κ2) is 7.16. The molecule has 4 rings (SSSR count). The third-order valence-corrected chi connectivity index (χ3v) is 5.71. The Hall–Kier alpha value is -3.06. The zero-order valence-electron chi connectivity index (χ0n) is 16.3. The van der Waals surface area contributed by atoms with Gasteiger partial charge in [0.15, 0.2) is 5.13 Å². The number of pyridine rings is 1. The van der Waals surface area contributed by atoms with Gasteiger partial charge < -0.3 is 0 Å². The molecule has 0 bridgehead atoms. The van der Waals surface area contributed by atoms with Crippen LogP contribution in [-0.4, -0.2) is 25.7 Å². The summed E-state index contributed by atoms with van der Waals surface area (Å²) in [6.45, 7) is 6.42. The van der Waals surface area contributed by atoms with Gasteiger partial charge in [-0.05, 0) is 55.2 Å². The number of anilines is 1. The maximum atomic E-state index is 13.5. The molecule has 0 saturated carbocycles. The van der Waals surface area contributed by atoms with Gasteiger partial charge >= 0.3 is 0 Å². The van der Waals surface area contributed by atoms with Crippen LogP contribution in [0.4, 0.5) is 5.13 Å². The lowest BCUT2D eigenvalue weighted by molar-refractivity contribution is 0.0975. The first-order valence-electron chi connectivity index (χ1n) is 9.01. The first kappa shape index (κ1) is 18.3. The van der Waals surface area contributed by atoms with Gasteiger partial charge in [-0.25, -0.2) is 4.98 Å². The largest absolute Gasteiger partial charge is 0.278 e. The Morgan fingerprint density at radius 3 is 2.68 bits per heavy atom. The van der Waals surface area contributed by atoms with Crippen LogP contribution in [0.1, 0.15) is 32.7 Å². The molecule has 1 aromatic carbocycles. The first-order valence-corrected chi connectivity index (χ1v) is 9.83. The zero-order valence-corrected chi connectivity index (χ0v) is 17.1. The van der Waals surface area contributed by atoms with Gasteiger partial charge in [-0.1, -0.05) is 23.5 Å². The fraction of sp³-hybridized carbons (Fsp3) is 0.238. The van der Waals surface area contributed by atoms with Gasteiger partial charge in [-0.2, -0.15) is 5.10 Å². The van der Waals surface area contributed by atoms with E-state index in [-0.39, 0.29) is 5.91 Å². The number of aryl methyl sites for hydroxylation is 4. The van der Waals surface area contributed by atoms with Crippen molar-refractivity contribution in [2.45, 2.75) is 27.3 Å². The summed E-state index contributed by atoms with van der Waals surface area (Å²) in [5.74, 6) is -0.116. The minimum atomic E-state index is -0.116. The van der Waals surface area contributed by atoms with E-state index in [2.05, 4.69) is 36.1 Å². The third kappa shape index (κ3) is 3.29. The van der Waals surface area contributed by atoms with Crippen LogP contribution in [0.25, 0.3) is 10.2 Å². The second-order valence-electron chi connectivity index (χ2n) is 6.98. The molecule has 0 aliphatic rings.